The van der Waals surface area contributed by atoms with E-state index >= 15 is 0 Å². The van der Waals surface area contributed by atoms with E-state index < -0.39 is 5.82 Å². The van der Waals surface area contributed by atoms with Gasteiger partial charge in [-0.25, -0.2) is 4.39 Å². The van der Waals surface area contributed by atoms with Crippen LogP contribution in [0.1, 0.15) is 23.0 Å². The summed E-state index contributed by atoms with van der Waals surface area (Å²) in [6.45, 7) is 1.87. The number of hydrogen-bond donors (Lipinski definition) is 1. The Balaban J connectivity index is 1.95. The van der Waals surface area contributed by atoms with Gasteiger partial charge in [-0.15, -0.1) is 0 Å². The van der Waals surface area contributed by atoms with Crippen LogP contribution in [0.2, 0.25) is 0 Å². The van der Waals surface area contributed by atoms with Crippen molar-refractivity contribution in [2.75, 3.05) is 0 Å². The van der Waals surface area contributed by atoms with Gasteiger partial charge in [-0.1, -0.05) is 6.07 Å². The SMILES string of the molecule is CC(Cc1ccco1)NC(=O)c1cccc(F)c1. The molecule has 2 rings (SSSR count). The minimum absolute atomic E-state index is 0.0769. The van der Waals surface area contributed by atoms with Crippen LogP contribution in [0.5, 0.6) is 0 Å². The van der Waals surface area contributed by atoms with E-state index in [0.717, 1.165) is 5.76 Å². The maximum Gasteiger partial charge on any atom is 0.251 e. The molecular weight excluding hydrogens is 233 g/mol. The minimum Gasteiger partial charge on any atom is -0.469 e. The van der Waals surface area contributed by atoms with Crippen LogP contribution >= 0.6 is 0 Å². The lowest BCUT2D eigenvalue weighted by molar-refractivity contribution is 0.0939. The van der Waals surface area contributed by atoms with Crippen molar-refractivity contribution in [2.24, 2.45) is 0 Å². The molecule has 4 heteroatoms. The quantitative estimate of drug-likeness (QED) is 0.902. The smallest absolute Gasteiger partial charge is 0.251 e. The van der Waals surface area contributed by atoms with Crippen LogP contribution in [-0.2, 0) is 6.42 Å². The molecule has 1 N–H and O–H groups in total. The molecule has 18 heavy (non-hydrogen) atoms. The van der Waals surface area contributed by atoms with Crippen molar-refractivity contribution in [3.63, 3.8) is 0 Å². The molecule has 1 aromatic heterocycles. The average Bonchev–Trinajstić information content (AvgIpc) is 2.81. The molecule has 0 saturated carbocycles. The lowest BCUT2D eigenvalue weighted by Crippen LogP contribution is -2.34. The van der Waals surface area contributed by atoms with Crippen molar-refractivity contribution < 1.29 is 13.6 Å². The van der Waals surface area contributed by atoms with Crippen molar-refractivity contribution in [3.8, 4) is 0 Å². The molecule has 1 atom stereocenters. The first-order valence-corrected chi connectivity index (χ1v) is 5.74. The number of hydrogen-bond acceptors (Lipinski definition) is 2. The number of amides is 1. The van der Waals surface area contributed by atoms with Gasteiger partial charge in [0.2, 0.25) is 0 Å². The van der Waals surface area contributed by atoms with Crippen molar-refractivity contribution in [1.29, 1.82) is 0 Å². The van der Waals surface area contributed by atoms with Gasteiger partial charge >= 0.3 is 0 Å². The zero-order valence-corrected chi connectivity index (χ0v) is 10.0. The van der Waals surface area contributed by atoms with Crippen molar-refractivity contribution in [2.45, 2.75) is 19.4 Å². The summed E-state index contributed by atoms with van der Waals surface area (Å²) in [7, 11) is 0. The van der Waals surface area contributed by atoms with Gasteiger partial charge in [0.1, 0.15) is 11.6 Å². The fourth-order valence-corrected chi connectivity index (χ4v) is 1.72. The number of halogens is 1. The van der Waals surface area contributed by atoms with E-state index in [0.29, 0.717) is 12.0 Å². The third-order valence-corrected chi connectivity index (χ3v) is 2.55. The van der Waals surface area contributed by atoms with Gasteiger partial charge in [-0.2, -0.15) is 0 Å². The fraction of sp³-hybridized carbons (Fsp3) is 0.214. The molecule has 0 saturated heterocycles. The second kappa shape index (κ2) is 5.49. The predicted molar refractivity (Wildman–Crippen MR) is 65.7 cm³/mol. The third-order valence-electron chi connectivity index (χ3n) is 2.55. The normalized spacial score (nSPS) is 12.1. The highest BCUT2D eigenvalue weighted by Gasteiger charge is 2.11. The molecule has 0 radical (unpaired) electrons. The maximum atomic E-state index is 13.0. The Morgan fingerprint density at radius 2 is 2.22 bits per heavy atom. The van der Waals surface area contributed by atoms with Crippen LogP contribution in [0.25, 0.3) is 0 Å². The van der Waals surface area contributed by atoms with Crippen LogP contribution in [0.3, 0.4) is 0 Å². The molecule has 1 aromatic carbocycles. The molecule has 0 spiro atoms. The fourth-order valence-electron chi connectivity index (χ4n) is 1.72. The molecule has 0 fully saturated rings. The highest BCUT2D eigenvalue weighted by atomic mass is 19.1. The second-order valence-electron chi connectivity index (χ2n) is 4.17. The molecule has 0 aliphatic heterocycles. The second-order valence-corrected chi connectivity index (χ2v) is 4.17. The summed E-state index contributed by atoms with van der Waals surface area (Å²) >= 11 is 0. The first-order chi connectivity index (χ1) is 8.65. The van der Waals surface area contributed by atoms with E-state index in [1.54, 1.807) is 18.4 Å². The van der Waals surface area contributed by atoms with Gasteiger partial charge in [0.25, 0.3) is 5.91 Å². The van der Waals surface area contributed by atoms with Gasteiger partial charge in [0, 0.05) is 18.0 Å². The van der Waals surface area contributed by atoms with Crippen LogP contribution in [-0.4, -0.2) is 11.9 Å². The Hall–Kier alpha value is -2.10. The van der Waals surface area contributed by atoms with Crippen LogP contribution in [0, 0.1) is 5.82 Å². The molecule has 1 heterocycles. The number of carbonyl (C=O) groups is 1. The molecule has 1 amide bonds. The highest BCUT2D eigenvalue weighted by Crippen LogP contribution is 2.06. The molecule has 0 aliphatic carbocycles. The number of furan rings is 1. The van der Waals surface area contributed by atoms with Gasteiger partial charge < -0.3 is 9.73 Å². The largest absolute Gasteiger partial charge is 0.469 e. The Morgan fingerprint density at radius 1 is 1.39 bits per heavy atom. The monoisotopic (exact) mass is 247 g/mol. The minimum atomic E-state index is -0.415. The lowest BCUT2D eigenvalue weighted by Gasteiger charge is -2.12. The molecule has 0 aliphatic rings. The Labute approximate surface area is 105 Å². The summed E-state index contributed by atoms with van der Waals surface area (Å²) < 4.78 is 18.2. The zero-order valence-electron chi connectivity index (χ0n) is 10.0. The topological polar surface area (TPSA) is 42.2 Å². The van der Waals surface area contributed by atoms with Gasteiger partial charge in [0.15, 0.2) is 0 Å². The van der Waals surface area contributed by atoms with E-state index in [1.165, 1.54) is 18.2 Å². The molecule has 0 bridgehead atoms. The summed E-state index contributed by atoms with van der Waals surface area (Å²) in [6.07, 6.45) is 2.20. The molecule has 94 valence electrons. The van der Waals surface area contributed by atoms with E-state index in [4.69, 9.17) is 4.42 Å². The number of carbonyl (C=O) groups excluding carboxylic acids is 1. The van der Waals surface area contributed by atoms with E-state index in [1.807, 2.05) is 13.0 Å². The number of nitrogens with one attached hydrogen (secondary N) is 1. The van der Waals surface area contributed by atoms with E-state index in [2.05, 4.69) is 5.32 Å². The first kappa shape index (κ1) is 12.4. The maximum absolute atomic E-state index is 13.0. The van der Waals surface area contributed by atoms with Gasteiger partial charge in [-0.3, -0.25) is 4.79 Å². The molecule has 1 unspecified atom stereocenters. The van der Waals surface area contributed by atoms with Crippen molar-refractivity contribution in [3.05, 3.63) is 59.8 Å². The molecular formula is C14H14FNO2. The Morgan fingerprint density at radius 3 is 2.89 bits per heavy atom. The number of benzene rings is 1. The van der Waals surface area contributed by atoms with Crippen LogP contribution in [0.15, 0.2) is 47.1 Å². The van der Waals surface area contributed by atoms with E-state index in [9.17, 15) is 9.18 Å². The summed E-state index contributed by atoms with van der Waals surface area (Å²) in [5.74, 6) is 0.108. The highest BCUT2D eigenvalue weighted by molar-refractivity contribution is 5.94. The van der Waals surface area contributed by atoms with Crippen molar-refractivity contribution >= 4 is 5.91 Å². The van der Waals surface area contributed by atoms with Crippen LogP contribution in [0.4, 0.5) is 4.39 Å². The standard InChI is InChI=1S/C14H14FNO2/c1-10(8-13-6-3-7-18-13)16-14(17)11-4-2-5-12(15)9-11/h2-7,9-10H,8H2,1H3,(H,16,17). The summed E-state index contributed by atoms with van der Waals surface area (Å²) in [5, 5.41) is 2.80. The molecule has 3 nitrogen and oxygen atoms in total. The molecule has 2 aromatic rings. The first-order valence-electron chi connectivity index (χ1n) is 5.74. The third kappa shape index (κ3) is 3.20. The Kier molecular flexibility index (Phi) is 3.77. The van der Waals surface area contributed by atoms with Gasteiger partial charge in [-0.05, 0) is 37.3 Å². The van der Waals surface area contributed by atoms with E-state index in [-0.39, 0.29) is 11.9 Å². The van der Waals surface area contributed by atoms with Crippen LogP contribution < -0.4 is 5.32 Å². The summed E-state index contributed by atoms with van der Waals surface area (Å²) in [5.41, 5.74) is 0.321. The lowest BCUT2D eigenvalue weighted by atomic mass is 10.1. The summed E-state index contributed by atoms with van der Waals surface area (Å²) in [4.78, 5) is 11.8. The Bertz CT molecular complexity index is 522. The van der Waals surface area contributed by atoms with Crippen molar-refractivity contribution in [1.82, 2.24) is 5.32 Å². The number of rotatable bonds is 4. The predicted octanol–water partition coefficient (Wildman–Crippen LogP) is 2.78. The zero-order chi connectivity index (χ0) is 13.0. The summed E-state index contributed by atoms with van der Waals surface area (Å²) in [6, 6.07) is 9.20. The van der Waals surface area contributed by atoms with Gasteiger partial charge in [0.05, 0.1) is 6.26 Å². The average molecular weight is 247 g/mol.